The van der Waals surface area contributed by atoms with Crippen LogP contribution in [0.25, 0.3) is 12.2 Å². The van der Waals surface area contributed by atoms with Crippen LogP contribution >= 0.6 is 0 Å². The van der Waals surface area contributed by atoms with E-state index in [4.69, 9.17) is 18.9 Å². The largest absolute Gasteiger partial charge is 0.508 e. The molecule has 4 aromatic carbocycles. The second-order valence-electron chi connectivity index (χ2n) is 8.62. The molecule has 4 rings (SSSR count). The van der Waals surface area contributed by atoms with E-state index in [-0.39, 0.29) is 39.9 Å². The van der Waals surface area contributed by atoms with Gasteiger partial charge in [0, 0.05) is 19.9 Å². The van der Waals surface area contributed by atoms with E-state index in [0.29, 0.717) is 5.56 Å². The van der Waals surface area contributed by atoms with Crippen LogP contribution in [-0.4, -0.2) is 29.0 Å². The van der Waals surface area contributed by atoms with Gasteiger partial charge in [0.05, 0.1) is 0 Å². The van der Waals surface area contributed by atoms with Crippen molar-refractivity contribution >= 4 is 36.0 Å². The molecule has 0 heterocycles. The van der Waals surface area contributed by atoms with Crippen LogP contribution in [0.5, 0.6) is 28.7 Å². The predicted octanol–water partition coefficient (Wildman–Crippen LogP) is 5.85. The topological polar surface area (TPSA) is 125 Å². The lowest BCUT2D eigenvalue weighted by molar-refractivity contribution is -0.132. The molecule has 206 valence electrons. The van der Waals surface area contributed by atoms with Crippen LogP contribution in [0.1, 0.15) is 45.7 Å². The molecule has 4 aromatic rings. The Morgan fingerprint density at radius 1 is 0.561 bits per heavy atom. The molecule has 0 fully saturated rings. The van der Waals surface area contributed by atoms with E-state index < -0.39 is 23.9 Å². The highest BCUT2D eigenvalue weighted by Crippen LogP contribution is 2.29. The minimum atomic E-state index is -0.806. The summed E-state index contributed by atoms with van der Waals surface area (Å²) in [5, 5.41) is 9.53. The SMILES string of the molecule is CC(=O)Oc1ccccc1C(=O)Oc1cc(/C=C/c2ccc(O)cc2)cc(OC(=O)c2ccccc2OC(C)=O)c1. The standard InChI is InChI=1S/C32H24O9/c1-20(33)38-29-9-5-3-7-27(29)31(36)40-25-17-23(12-11-22-13-15-24(35)16-14-22)18-26(19-25)41-32(37)28-8-4-6-10-30(28)39-21(2)34/h3-19,35H,1-2H3/b12-11+. The Balaban J connectivity index is 1.67. The summed E-state index contributed by atoms with van der Waals surface area (Å²) < 4.78 is 21.4. The van der Waals surface area contributed by atoms with Gasteiger partial charge in [0.15, 0.2) is 0 Å². The summed E-state index contributed by atoms with van der Waals surface area (Å²) in [5.41, 5.74) is 1.31. The molecule has 1 N–H and O–H groups in total. The zero-order valence-corrected chi connectivity index (χ0v) is 22.0. The molecule has 0 unspecified atom stereocenters. The number of hydrogen-bond acceptors (Lipinski definition) is 9. The molecule has 0 aliphatic rings. The molecule has 9 nitrogen and oxygen atoms in total. The van der Waals surface area contributed by atoms with Crippen molar-refractivity contribution in [1.29, 1.82) is 0 Å². The number of phenols is 1. The minimum Gasteiger partial charge on any atom is -0.508 e. The summed E-state index contributed by atoms with van der Waals surface area (Å²) in [6, 6.07) is 23.1. The van der Waals surface area contributed by atoms with Gasteiger partial charge in [-0.25, -0.2) is 9.59 Å². The van der Waals surface area contributed by atoms with Gasteiger partial charge >= 0.3 is 23.9 Å². The summed E-state index contributed by atoms with van der Waals surface area (Å²) in [7, 11) is 0. The van der Waals surface area contributed by atoms with Crippen LogP contribution in [-0.2, 0) is 9.59 Å². The van der Waals surface area contributed by atoms with Gasteiger partial charge in [0.1, 0.15) is 39.9 Å². The Morgan fingerprint density at radius 3 is 1.46 bits per heavy atom. The summed E-state index contributed by atoms with van der Waals surface area (Å²) in [6.07, 6.45) is 3.44. The molecular weight excluding hydrogens is 528 g/mol. The molecule has 0 radical (unpaired) electrons. The minimum absolute atomic E-state index is 0.0154. The monoisotopic (exact) mass is 552 g/mol. The fraction of sp³-hybridized carbons (Fsp3) is 0.0625. The Bertz CT molecular complexity index is 1540. The fourth-order valence-corrected chi connectivity index (χ4v) is 3.67. The lowest BCUT2D eigenvalue weighted by atomic mass is 10.1. The number of aromatic hydroxyl groups is 1. The van der Waals surface area contributed by atoms with E-state index >= 15 is 0 Å². The molecule has 0 amide bonds. The second-order valence-corrected chi connectivity index (χ2v) is 8.62. The van der Waals surface area contributed by atoms with Crippen molar-refractivity contribution in [1.82, 2.24) is 0 Å². The van der Waals surface area contributed by atoms with Crippen LogP contribution in [0.15, 0.2) is 91.0 Å². The van der Waals surface area contributed by atoms with E-state index in [1.165, 1.54) is 56.3 Å². The first kappa shape index (κ1) is 28.3. The van der Waals surface area contributed by atoms with E-state index in [2.05, 4.69) is 0 Å². The summed E-state index contributed by atoms with van der Waals surface area (Å²) in [6.45, 7) is 2.43. The zero-order chi connectivity index (χ0) is 29.4. The summed E-state index contributed by atoms with van der Waals surface area (Å²) in [5.74, 6) is -2.56. The third-order valence-electron chi connectivity index (χ3n) is 5.41. The van der Waals surface area contributed by atoms with Crippen molar-refractivity contribution < 1.29 is 43.2 Å². The Kier molecular flexibility index (Phi) is 8.91. The highest BCUT2D eigenvalue weighted by molar-refractivity contribution is 5.96. The average molecular weight is 553 g/mol. The number of carbonyl (C=O) groups excluding carboxylic acids is 4. The van der Waals surface area contributed by atoms with Crippen molar-refractivity contribution in [2.24, 2.45) is 0 Å². The summed E-state index contributed by atoms with van der Waals surface area (Å²) in [4.78, 5) is 49.0. The van der Waals surface area contributed by atoms with E-state index in [0.717, 1.165) is 5.56 Å². The molecular formula is C32H24O9. The predicted molar refractivity (Wildman–Crippen MR) is 149 cm³/mol. The van der Waals surface area contributed by atoms with Gasteiger partial charge in [0.25, 0.3) is 0 Å². The van der Waals surface area contributed by atoms with Crippen LogP contribution in [0, 0.1) is 0 Å². The molecule has 0 bridgehead atoms. The number of hydrogen-bond donors (Lipinski definition) is 1. The second kappa shape index (κ2) is 12.9. The number of para-hydroxylation sites is 2. The van der Waals surface area contributed by atoms with Gasteiger partial charge < -0.3 is 24.1 Å². The lowest BCUT2D eigenvalue weighted by Gasteiger charge is -2.12. The zero-order valence-electron chi connectivity index (χ0n) is 22.0. The first-order valence-electron chi connectivity index (χ1n) is 12.3. The smallest absolute Gasteiger partial charge is 0.347 e. The number of benzene rings is 4. The van der Waals surface area contributed by atoms with Gasteiger partial charge in [-0.15, -0.1) is 0 Å². The van der Waals surface area contributed by atoms with Crippen LogP contribution in [0.3, 0.4) is 0 Å². The van der Waals surface area contributed by atoms with Crippen LogP contribution in [0.2, 0.25) is 0 Å². The van der Waals surface area contributed by atoms with E-state index in [9.17, 15) is 24.3 Å². The van der Waals surface area contributed by atoms with Gasteiger partial charge in [0.2, 0.25) is 0 Å². The Labute approximate surface area is 235 Å². The normalized spacial score (nSPS) is 10.6. The molecule has 0 aliphatic carbocycles. The van der Waals surface area contributed by atoms with Crippen LogP contribution < -0.4 is 18.9 Å². The molecule has 0 saturated carbocycles. The van der Waals surface area contributed by atoms with E-state index in [1.54, 1.807) is 60.7 Å². The number of esters is 4. The van der Waals surface area contributed by atoms with Crippen molar-refractivity contribution in [3.05, 3.63) is 113 Å². The van der Waals surface area contributed by atoms with Gasteiger partial charge in [-0.3, -0.25) is 9.59 Å². The van der Waals surface area contributed by atoms with Gasteiger partial charge in [-0.1, -0.05) is 48.6 Å². The van der Waals surface area contributed by atoms with Crippen molar-refractivity contribution in [3.63, 3.8) is 0 Å². The maximum absolute atomic E-state index is 13.0. The lowest BCUT2D eigenvalue weighted by Crippen LogP contribution is -2.14. The van der Waals surface area contributed by atoms with Crippen molar-refractivity contribution in [2.45, 2.75) is 13.8 Å². The van der Waals surface area contributed by atoms with Crippen molar-refractivity contribution in [2.75, 3.05) is 0 Å². The molecule has 0 aliphatic heterocycles. The number of phenolic OH excluding ortho intramolecular Hbond substituents is 1. The third kappa shape index (κ3) is 7.90. The van der Waals surface area contributed by atoms with E-state index in [1.807, 2.05) is 0 Å². The van der Waals surface area contributed by atoms with Crippen molar-refractivity contribution in [3.8, 4) is 28.7 Å². The maximum atomic E-state index is 13.0. The quantitative estimate of drug-likeness (QED) is 0.163. The molecule has 0 aromatic heterocycles. The molecule has 9 heteroatoms. The summed E-state index contributed by atoms with van der Waals surface area (Å²) >= 11 is 0. The Hall–Kier alpha value is -5.70. The highest BCUT2D eigenvalue weighted by atomic mass is 16.6. The number of ether oxygens (including phenoxy) is 4. The fourth-order valence-electron chi connectivity index (χ4n) is 3.67. The molecule has 0 spiro atoms. The van der Waals surface area contributed by atoms with Crippen LogP contribution in [0.4, 0.5) is 0 Å². The third-order valence-corrected chi connectivity index (χ3v) is 5.41. The van der Waals surface area contributed by atoms with Gasteiger partial charge in [-0.05, 0) is 59.7 Å². The average Bonchev–Trinajstić information content (AvgIpc) is 2.92. The number of carbonyl (C=O) groups is 4. The van der Waals surface area contributed by atoms with Gasteiger partial charge in [-0.2, -0.15) is 0 Å². The molecule has 0 saturated heterocycles. The molecule has 0 atom stereocenters. The highest BCUT2D eigenvalue weighted by Gasteiger charge is 2.19. The maximum Gasteiger partial charge on any atom is 0.347 e. The first-order chi connectivity index (χ1) is 19.7. The first-order valence-corrected chi connectivity index (χ1v) is 12.3. The number of rotatable bonds is 8. The molecule has 41 heavy (non-hydrogen) atoms. The Morgan fingerprint density at radius 2 is 1.00 bits per heavy atom.